The minimum atomic E-state index is -3.72. The van der Waals surface area contributed by atoms with Crippen molar-refractivity contribution >= 4 is 33.3 Å². The molecule has 0 radical (unpaired) electrons. The third-order valence-corrected chi connectivity index (χ3v) is 7.67. The minimum Gasteiger partial charge on any atom is -0.466 e. The van der Waals surface area contributed by atoms with Crippen molar-refractivity contribution < 1.29 is 17.9 Å². The molecule has 0 aliphatic carbocycles. The Morgan fingerprint density at radius 2 is 1.79 bits per heavy atom. The fourth-order valence-corrected chi connectivity index (χ4v) is 5.74. The van der Waals surface area contributed by atoms with Crippen molar-refractivity contribution in [3.05, 3.63) is 29.3 Å². The largest absolute Gasteiger partial charge is 0.466 e. The molecule has 28 heavy (non-hydrogen) atoms. The van der Waals surface area contributed by atoms with E-state index in [2.05, 4.69) is 15.8 Å². The van der Waals surface area contributed by atoms with Crippen LogP contribution >= 0.6 is 11.6 Å². The minimum absolute atomic E-state index is 0.221. The standard InChI is InChI=1S/C18H27ClN4O4S/c1-3-15-16(18(24)27-4-2)17(21-20-15)28(25,26)23-11-9-22(10-12-23)14-7-5-13(19)6-8-14/h5-8,15-17,20-21H,3-4,9-12H2,1-2H3. The summed E-state index contributed by atoms with van der Waals surface area (Å²) in [6, 6.07) is 7.22. The average molecular weight is 431 g/mol. The summed E-state index contributed by atoms with van der Waals surface area (Å²) in [5.41, 5.74) is 6.79. The second-order valence-corrected chi connectivity index (χ2v) is 9.40. The van der Waals surface area contributed by atoms with Crippen molar-refractivity contribution in [3.8, 4) is 0 Å². The van der Waals surface area contributed by atoms with Gasteiger partial charge in [0.25, 0.3) is 0 Å². The summed E-state index contributed by atoms with van der Waals surface area (Å²) in [4.78, 5) is 14.5. The fourth-order valence-electron chi connectivity index (χ4n) is 3.74. The molecule has 3 unspecified atom stereocenters. The first kappa shape index (κ1) is 21.3. The summed E-state index contributed by atoms with van der Waals surface area (Å²) < 4.78 is 33.1. The van der Waals surface area contributed by atoms with Crippen LogP contribution in [0.15, 0.2) is 24.3 Å². The van der Waals surface area contributed by atoms with Crippen LogP contribution in [0, 0.1) is 5.92 Å². The predicted molar refractivity (Wildman–Crippen MR) is 108 cm³/mol. The molecule has 10 heteroatoms. The first-order valence-electron chi connectivity index (χ1n) is 9.55. The molecule has 156 valence electrons. The molecule has 2 fully saturated rings. The van der Waals surface area contributed by atoms with Crippen LogP contribution in [-0.4, -0.2) is 62.9 Å². The Balaban J connectivity index is 1.70. The summed E-state index contributed by atoms with van der Waals surface area (Å²) in [6.45, 7) is 5.70. The van der Waals surface area contributed by atoms with Crippen LogP contribution in [0.25, 0.3) is 0 Å². The van der Waals surface area contributed by atoms with E-state index in [9.17, 15) is 13.2 Å². The molecule has 0 aromatic heterocycles. The number of halogens is 1. The molecule has 2 N–H and O–H groups in total. The quantitative estimate of drug-likeness (QED) is 0.655. The van der Waals surface area contributed by atoms with E-state index in [1.54, 1.807) is 6.92 Å². The number of piperazine rings is 1. The van der Waals surface area contributed by atoms with Crippen molar-refractivity contribution in [1.82, 2.24) is 15.2 Å². The highest BCUT2D eigenvalue weighted by atomic mass is 35.5. The maximum atomic E-state index is 13.2. The van der Waals surface area contributed by atoms with Gasteiger partial charge in [0.15, 0.2) is 5.37 Å². The van der Waals surface area contributed by atoms with Gasteiger partial charge in [0.05, 0.1) is 6.61 Å². The van der Waals surface area contributed by atoms with Gasteiger partial charge in [-0.15, -0.1) is 0 Å². The first-order chi connectivity index (χ1) is 13.4. The zero-order chi connectivity index (χ0) is 20.3. The van der Waals surface area contributed by atoms with Gasteiger partial charge in [0.1, 0.15) is 5.92 Å². The lowest BCUT2D eigenvalue weighted by atomic mass is 10.00. The molecular weight excluding hydrogens is 404 g/mol. The Bertz CT molecular complexity index is 781. The van der Waals surface area contributed by atoms with E-state index in [0.29, 0.717) is 37.6 Å². The lowest BCUT2D eigenvalue weighted by Crippen LogP contribution is -2.55. The molecule has 0 spiro atoms. The van der Waals surface area contributed by atoms with Crippen LogP contribution in [0.2, 0.25) is 5.02 Å². The van der Waals surface area contributed by atoms with Crippen molar-refractivity contribution in [2.75, 3.05) is 37.7 Å². The third-order valence-electron chi connectivity index (χ3n) is 5.28. The molecule has 1 aromatic rings. The number of anilines is 1. The second kappa shape index (κ2) is 8.96. The Morgan fingerprint density at radius 1 is 1.14 bits per heavy atom. The molecule has 2 aliphatic heterocycles. The van der Waals surface area contributed by atoms with Crippen LogP contribution < -0.4 is 15.8 Å². The van der Waals surface area contributed by atoms with Gasteiger partial charge in [-0.2, -0.15) is 4.31 Å². The molecule has 3 atom stereocenters. The molecule has 0 amide bonds. The van der Waals surface area contributed by atoms with E-state index < -0.39 is 27.3 Å². The topological polar surface area (TPSA) is 91.0 Å². The molecule has 0 saturated carbocycles. The molecule has 8 nitrogen and oxygen atoms in total. The molecular formula is C18H27ClN4O4S. The Labute approximate surface area is 171 Å². The van der Waals surface area contributed by atoms with Crippen LogP contribution in [0.5, 0.6) is 0 Å². The van der Waals surface area contributed by atoms with Crippen LogP contribution in [0.3, 0.4) is 0 Å². The maximum Gasteiger partial charge on any atom is 0.313 e. The molecule has 2 heterocycles. The van der Waals surface area contributed by atoms with Gasteiger partial charge in [0.2, 0.25) is 10.0 Å². The molecule has 1 aromatic carbocycles. The van der Waals surface area contributed by atoms with Gasteiger partial charge in [-0.1, -0.05) is 18.5 Å². The Kier molecular flexibility index (Phi) is 6.82. The zero-order valence-electron chi connectivity index (χ0n) is 16.1. The number of esters is 1. The lowest BCUT2D eigenvalue weighted by molar-refractivity contribution is -0.148. The number of hydrazine groups is 1. The number of carbonyl (C=O) groups excluding carboxylic acids is 1. The van der Waals surface area contributed by atoms with Gasteiger partial charge in [-0.05, 0) is 37.6 Å². The van der Waals surface area contributed by atoms with E-state index in [0.717, 1.165) is 5.69 Å². The van der Waals surface area contributed by atoms with Crippen LogP contribution in [-0.2, 0) is 19.6 Å². The van der Waals surface area contributed by atoms with Gasteiger partial charge in [-0.3, -0.25) is 10.2 Å². The van der Waals surface area contributed by atoms with E-state index >= 15 is 0 Å². The van der Waals surface area contributed by atoms with E-state index in [1.807, 2.05) is 31.2 Å². The summed E-state index contributed by atoms with van der Waals surface area (Å²) in [6.07, 6.45) is 0.618. The van der Waals surface area contributed by atoms with Gasteiger partial charge < -0.3 is 9.64 Å². The molecule has 3 rings (SSSR count). The van der Waals surface area contributed by atoms with Gasteiger partial charge in [0, 0.05) is 42.9 Å². The summed E-state index contributed by atoms with van der Waals surface area (Å²) in [7, 11) is -3.72. The normalized spacial score (nSPS) is 26.4. The number of sulfonamides is 1. The predicted octanol–water partition coefficient (Wildman–Crippen LogP) is 1.18. The second-order valence-electron chi connectivity index (χ2n) is 6.91. The monoisotopic (exact) mass is 430 g/mol. The SMILES string of the molecule is CCOC(=O)C1C(CC)NNC1S(=O)(=O)N1CCN(c2ccc(Cl)cc2)CC1. The molecule has 0 bridgehead atoms. The smallest absolute Gasteiger partial charge is 0.313 e. The lowest BCUT2D eigenvalue weighted by Gasteiger charge is -2.37. The van der Waals surface area contributed by atoms with Crippen molar-refractivity contribution in [1.29, 1.82) is 0 Å². The van der Waals surface area contributed by atoms with Gasteiger partial charge >= 0.3 is 5.97 Å². The number of benzene rings is 1. The highest BCUT2D eigenvalue weighted by Gasteiger charge is 2.50. The summed E-state index contributed by atoms with van der Waals surface area (Å²) in [5.74, 6) is -1.26. The number of ether oxygens (including phenoxy) is 1. The zero-order valence-corrected chi connectivity index (χ0v) is 17.7. The number of rotatable bonds is 6. The van der Waals surface area contributed by atoms with E-state index in [4.69, 9.17) is 16.3 Å². The van der Waals surface area contributed by atoms with Crippen molar-refractivity contribution in [2.45, 2.75) is 31.7 Å². The van der Waals surface area contributed by atoms with E-state index in [1.165, 1.54) is 4.31 Å². The van der Waals surface area contributed by atoms with Crippen LogP contribution in [0.4, 0.5) is 5.69 Å². The Hall–Kier alpha value is -1.39. The van der Waals surface area contributed by atoms with Gasteiger partial charge in [-0.25, -0.2) is 13.8 Å². The summed E-state index contributed by atoms with van der Waals surface area (Å²) in [5, 5.41) is -0.362. The first-order valence-corrected chi connectivity index (χ1v) is 11.4. The number of carbonyl (C=O) groups is 1. The number of nitrogens with zero attached hydrogens (tertiary/aromatic N) is 2. The van der Waals surface area contributed by atoms with Crippen molar-refractivity contribution in [3.63, 3.8) is 0 Å². The third kappa shape index (κ3) is 4.28. The van der Waals surface area contributed by atoms with E-state index in [-0.39, 0.29) is 12.6 Å². The number of hydrogen-bond donors (Lipinski definition) is 2. The maximum absolute atomic E-state index is 13.2. The fraction of sp³-hybridized carbons (Fsp3) is 0.611. The highest BCUT2D eigenvalue weighted by Crippen LogP contribution is 2.27. The number of hydrogen-bond acceptors (Lipinski definition) is 7. The highest BCUT2D eigenvalue weighted by molar-refractivity contribution is 7.89. The molecule has 2 aliphatic rings. The summed E-state index contributed by atoms with van der Waals surface area (Å²) >= 11 is 5.93. The molecule has 2 saturated heterocycles. The van der Waals surface area contributed by atoms with Crippen LogP contribution in [0.1, 0.15) is 20.3 Å². The van der Waals surface area contributed by atoms with Crippen molar-refractivity contribution in [2.24, 2.45) is 5.92 Å². The average Bonchev–Trinajstić information content (AvgIpc) is 3.14. The number of nitrogens with one attached hydrogen (secondary N) is 2. The Morgan fingerprint density at radius 3 is 2.36 bits per heavy atom.